The number of carbonyl (C=O) groups is 7. The van der Waals surface area contributed by atoms with Gasteiger partial charge in [-0.05, 0) is 54.8 Å². The number of rotatable bonds is 12. The first-order valence-corrected chi connectivity index (χ1v) is 23.1. The molecule has 3 aliphatic carbocycles. The molecule has 3 aromatic carbocycles. The number of esters is 5. The van der Waals surface area contributed by atoms with Gasteiger partial charge in [-0.2, -0.15) is 0 Å². The predicted octanol–water partition coefficient (Wildman–Crippen LogP) is 2.98. The number of Topliss-reactive ketones (excluding diaryl/α,β-unsaturated/α-hetero) is 1. The third-order valence-electron chi connectivity index (χ3n) is 14.7. The van der Waals surface area contributed by atoms with Gasteiger partial charge in [0, 0.05) is 43.7 Å². The highest BCUT2D eigenvalue weighted by atomic mass is 16.6. The molecule has 3 fully saturated rings. The molecule has 8 rings (SSSR count). The predicted molar refractivity (Wildman–Crippen MR) is 249 cm³/mol. The minimum Gasteiger partial charge on any atom is -0.455 e. The Labute approximate surface area is 411 Å². The van der Waals surface area contributed by atoms with Crippen molar-refractivity contribution in [3.05, 3.63) is 151 Å². The van der Waals surface area contributed by atoms with Crippen LogP contribution in [-0.2, 0) is 47.6 Å². The van der Waals surface area contributed by atoms with Crippen LogP contribution in [0.1, 0.15) is 97.2 Å². The van der Waals surface area contributed by atoms with Crippen molar-refractivity contribution in [2.45, 2.75) is 108 Å². The van der Waals surface area contributed by atoms with Gasteiger partial charge in [0.1, 0.15) is 35.6 Å². The first kappa shape index (κ1) is 50.8. The monoisotopic (exact) mass is 991 g/mol. The third kappa shape index (κ3) is 8.83. The second-order valence-electron chi connectivity index (χ2n) is 19.2. The van der Waals surface area contributed by atoms with Gasteiger partial charge in [0.25, 0.3) is 11.5 Å². The van der Waals surface area contributed by atoms with Gasteiger partial charge in [-0.3, -0.25) is 29.0 Å². The summed E-state index contributed by atoms with van der Waals surface area (Å²) in [5, 5.41) is 28.9. The lowest BCUT2D eigenvalue weighted by Gasteiger charge is -2.67. The van der Waals surface area contributed by atoms with Gasteiger partial charge in [-0.15, -0.1) is 0 Å². The number of ether oxygens (including phenoxy) is 6. The highest BCUT2D eigenvalue weighted by Gasteiger charge is 2.78. The molecule has 4 aliphatic rings. The van der Waals surface area contributed by atoms with E-state index >= 15 is 9.59 Å². The molecule has 1 aliphatic heterocycles. The molecule has 1 saturated heterocycles. The van der Waals surface area contributed by atoms with Gasteiger partial charge in [0.2, 0.25) is 6.10 Å². The van der Waals surface area contributed by atoms with Crippen molar-refractivity contribution < 1.29 is 72.2 Å². The van der Waals surface area contributed by atoms with Crippen molar-refractivity contribution in [1.82, 2.24) is 15.3 Å². The van der Waals surface area contributed by atoms with Gasteiger partial charge in [-0.25, -0.2) is 19.2 Å². The van der Waals surface area contributed by atoms with Gasteiger partial charge in [0.05, 0.1) is 29.6 Å². The molecule has 0 spiro atoms. The third-order valence-corrected chi connectivity index (χ3v) is 14.7. The fourth-order valence-corrected chi connectivity index (χ4v) is 11.0. The molecule has 2 saturated carbocycles. The molecule has 20 heteroatoms. The van der Waals surface area contributed by atoms with Crippen molar-refractivity contribution in [2.75, 3.05) is 6.61 Å². The Morgan fingerprint density at radius 2 is 1.40 bits per heavy atom. The Kier molecular flexibility index (Phi) is 13.6. The van der Waals surface area contributed by atoms with Gasteiger partial charge >= 0.3 is 35.5 Å². The second-order valence-corrected chi connectivity index (χ2v) is 19.2. The number of ketones is 1. The Balaban J connectivity index is 1.32. The lowest BCUT2D eigenvalue weighted by molar-refractivity contribution is -0.346. The molecule has 20 nitrogen and oxygen atoms in total. The number of hydrogen-bond donors (Lipinski definition) is 5. The summed E-state index contributed by atoms with van der Waals surface area (Å²) < 4.78 is 36.5. The molecule has 2 heterocycles. The first-order chi connectivity index (χ1) is 34.0. The number of benzene rings is 3. The number of aromatic nitrogens is 2. The van der Waals surface area contributed by atoms with E-state index in [2.05, 4.69) is 10.3 Å². The molecular weight excluding hydrogens is 939 g/mol. The number of nitrogens with one attached hydrogen (secondary N) is 3. The van der Waals surface area contributed by atoms with E-state index in [1.165, 1.54) is 64.1 Å². The Morgan fingerprint density at radius 3 is 1.97 bits per heavy atom. The van der Waals surface area contributed by atoms with Crippen molar-refractivity contribution >= 4 is 41.5 Å². The number of H-pyrrole nitrogens is 2. The molecule has 2 bridgehead atoms. The maximum atomic E-state index is 15.7. The topological polar surface area (TPSA) is 293 Å². The van der Waals surface area contributed by atoms with Crippen LogP contribution in [0.2, 0.25) is 0 Å². The van der Waals surface area contributed by atoms with E-state index < -0.39 is 136 Å². The average Bonchev–Trinajstić information content (AvgIpc) is 3.33. The molecule has 378 valence electrons. The fourth-order valence-electron chi connectivity index (χ4n) is 11.0. The van der Waals surface area contributed by atoms with E-state index in [1.807, 2.05) is 4.98 Å². The van der Waals surface area contributed by atoms with Crippen LogP contribution in [0.4, 0.5) is 0 Å². The van der Waals surface area contributed by atoms with Crippen molar-refractivity contribution in [3.63, 3.8) is 0 Å². The lowest BCUT2D eigenvalue weighted by Crippen LogP contribution is -2.82. The molecule has 1 aromatic heterocycles. The van der Waals surface area contributed by atoms with Crippen LogP contribution in [0.25, 0.3) is 0 Å². The van der Waals surface area contributed by atoms with Crippen molar-refractivity contribution in [2.24, 2.45) is 16.7 Å². The maximum Gasteiger partial charge on any atom is 0.356 e. The SMILES string of the molecule is CC(=O)O[C@H]1C(=O)[C@@]2(C)[C@H]([C@H](OC(=O)c3ccccc3)[C@]3(O)C[C@H](OC(=O)[C@H](OC(=O)c4cc(=O)[nH]c(=O)[nH]4)[C@@H](NC(=O)c4ccccc4)c4ccccc4)C(C)=C1C3(C)C)[C@]1(OC(C)=O)CO[C@@H]1C[C@@H]2O. The molecule has 72 heavy (non-hydrogen) atoms. The van der Waals surface area contributed by atoms with Gasteiger partial charge in [-0.1, -0.05) is 80.6 Å². The Morgan fingerprint density at radius 1 is 0.792 bits per heavy atom. The lowest BCUT2D eigenvalue weighted by atomic mass is 9.44. The number of aliphatic hydroxyl groups excluding tert-OH is 1. The van der Waals surface area contributed by atoms with Crippen LogP contribution in [0, 0.1) is 16.7 Å². The molecule has 0 unspecified atom stereocenters. The summed E-state index contributed by atoms with van der Waals surface area (Å²) in [6, 6.07) is 22.5. The van der Waals surface area contributed by atoms with E-state index in [4.69, 9.17) is 28.4 Å². The van der Waals surface area contributed by atoms with Crippen LogP contribution in [0.15, 0.2) is 118 Å². The van der Waals surface area contributed by atoms with E-state index in [-0.39, 0.29) is 40.9 Å². The van der Waals surface area contributed by atoms with Crippen LogP contribution in [0.3, 0.4) is 0 Å². The normalized spacial score (nSPS) is 28.9. The number of fused-ring (bicyclic) bond motifs is 5. The van der Waals surface area contributed by atoms with Crippen molar-refractivity contribution in [3.8, 4) is 0 Å². The van der Waals surface area contributed by atoms with Gasteiger partial charge < -0.3 is 48.9 Å². The zero-order chi connectivity index (χ0) is 52.1. The van der Waals surface area contributed by atoms with Crippen LogP contribution >= 0.6 is 0 Å². The van der Waals surface area contributed by atoms with E-state index in [0.717, 1.165) is 13.8 Å². The average molecular weight is 992 g/mol. The number of carbonyl (C=O) groups excluding carboxylic acids is 7. The smallest absolute Gasteiger partial charge is 0.356 e. The summed E-state index contributed by atoms with van der Waals surface area (Å²) in [4.78, 5) is 128. The van der Waals surface area contributed by atoms with Crippen molar-refractivity contribution in [1.29, 1.82) is 0 Å². The zero-order valence-corrected chi connectivity index (χ0v) is 40.0. The number of hydrogen-bond acceptors (Lipinski definition) is 17. The summed E-state index contributed by atoms with van der Waals surface area (Å²) in [6.45, 7) is 7.59. The second kappa shape index (κ2) is 19.2. The maximum absolute atomic E-state index is 15.7. The van der Waals surface area contributed by atoms with Crippen LogP contribution < -0.4 is 16.6 Å². The molecule has 11 atom stereocenters. The summed E-state index contributed by atoms with van der Waals surface area (Å²) in [6.07, 6.45) is -11.4. The largest absolute Gasteiger partial charge is 0.455 e. The molecular formula is C52H53N3O17. The Bertz CT molecular complexity index is 2940. The summed E-state index contributed by atoms with van der Waals surface area (Å²) >= 11 is 0. The first-order valence-electron chi connectivity index (χ1n) is 23.1. The summed E-state index contributed by atoms with van der Waals surface area (Å²) in [5.74, 6) is -8.92. The number of aromatic amines is 2. The standard InChI is InChI=1S/C52H53N3O17/c1-26-33(69-47(64)40(70-46(63)32-22-36(59)54-48(65)53-32)38(29-16-10-7-11-17-29)55-44(61)30-18-12-8-13-19-30)24-52(66)43(71-45(62)31-20-14-9-15-21-31)41-50(6,34(58)23-35-51(41,25-67-35)72-28(3)57)42(60)39(68-27(2)56)37(26)49(52,4)5/h7-22,33-35,38-41,43,58,66H,23-25H2,1-6H3,(H,55,61)(H2,53,54,59,65)/t33-,34-,35+,38-,39+,40+,41-,43-,50+,51-,52+/m0/s1. The van der Waals surface area contributed by atoms with Gasteiger partial charge in [0.15, 0.2) is 17.5 Å². The fraction of sp³-hybridized carbons (Fsp3) is 0.404. The molecule has 5 N–H and O–H groups in total. The Hall–Kier alpha value is -7.55. The number of amides is 1. The van der Waals surface area contributed by atoms with Crippen LogP contribution in [0.5, 0.6) is 0 Å². The minimum absolute atomic E-state index is 0.00716. The number of aliphatic hydroxyl groups is 2. The highest BCUT2D eigenvalue weighted by molar-refractivity contribution is 5.97. The summed E-state index contributed by atoms with van der Waals surface area (Å²) in [7, 11) is 0. The van der Waals surface area contributed by atoms with E-state index in [9.17, 15) is 43.8 Å². The molecule has 1 amide bonds. The summed E-state index contributed by atoms with van der Waals surface area (Å²) in [5.41, 5.74) is -10.8. The molecule has 0 radical (unpaired) electrons. The highest BCUT2D eigenvalue weighted by Crippen LogP contribution is 2.64. The molecule has 4 aromatic rings. The van der Waals surface area contributed by atoms with Crippen LogP contribution in [-0.4, -0.2) is 116 Å². The quantitative estimate of drug-likeness (QED) is 0.0774. The van der Waals surface area contributed by atoms with E-state index in [1.54, 1.807) is 54.6 Å². The zero-order valence-electron chi connectivity index (χ0n) is 40.0. The minimum atomic E-state index is -2.54. The van der Waals surface area contributed by atoms with E-state index in [0.29, 0.717) is 6.07 Å².